The molecule has 11 heteroatoms. The number of hydrogen-bond acceptors (Lipinski definition) is 11. The van der Waals surface area contributed by atoms with Gasteiger partial charge in [-0.2, -0.15) is 0 Å². The van der Waals surface area contributed by atoms with Crippen molar-refractivity contribution in [1.29, 1.82) is 0 Å². The molecule has 1 heterocycles. The zero-order valence-electron chi connectivity index (χ0n) is 29.5. The first-order chi connectivity index (χ1) is 21.6. The zero-order valence-corrected chi connectivity index (χ0v) is 29.5. The van der Waals surface area contributed by atoms with Crippen LogP contribution >= 0.6 is 0 Å². The van der Waals surface area contributed by atoms with Gasteiger partial charge in [0.15, 0.2) is 6.29 Å². The Morgan fingerprint density at radius 2 is 1.55 bits per heavy atom. The average Bonchev–Trinajstić information content (AvgIpc) is 3.37. The summed E-state index contributed by atoms with van der Waals surface area (Å²) in [6, 6.07) is 0. The molecule has 1 aliphatic heterocycles. The van der Waals surface area contributed by atoms with E-state index in [1.165, 1.54) is 0 Å². The molecule has 0 aromatic carbocycles. The topological polar surface area (TPSA) is 190 Å². The molecule has 0 aromatic rings. The van der Waals surface area contributed by atoms with E-state index in [2.05, 4.69) is 39.5 Å². The van der Waals surface area contributed by atoms with E-state index < -0.39 is 77.7 Å². The van der Waals surface area contributed by atoms with Gasteiger partial charge in [0.1, 0.15) is 30.0 Å². The molecule has 0 amide bonds. The molecule has 272 valence electrons. The molecule has 0 radical (unpaired) electrons. The fourth-order valence-corrected chi connectivity index (χ4v) is 11.8. The third-order valence-electron chi connectivity index (χ3n) is 14.5. The zero-order chi connectivity index (χ0) is 35.1. The lowest BCUT2D eigenvalue weighted by Gasteiger charge is -2.72. The second kappa shape index (κ2) is 12.5. The molecule has 0 spiro atoms. The fourth-order valence-electron chi connectivity index (χ4n) is 11.8. The maximum Gasteiger partial charge on any atom is 0.186 e. The predicted octanol–water partition coefficient (Wildman–Crippen LogP) is 2.76. The van der Waals surface area contributed by atoms with E-state index in [9.17, 15) is 41.0 Å². The van der Waals surface area contributed by atoms with Gasteiger partial charge in [0, 0.05) is 0 Å². The van der Waals surface area contributed by atoms with Crippen LogP contribution in [0, 0.1) is 45.3 Å². The van der Waals surface area contributed by atoms with Crippen molar-refractivity contribution in [2.45, 2.75) is 161 Å². The van der Waals surface area contributed by atoms with Gasteiger partial charge in [0.2, 0.25) is 0 Å². The van der Waals surface area contributed by atoms with E-state index in [1.807, 2.05) is 13.0 Å². The molecule has 5 rings (SSSR count). The van der Waals surface area contributed by atoms with Crippen molar-refractivity contribution in [2.24, 2.45) is 45.3 Å². The lowest BCUT2D eigenvalue weighted by molar-refractivity contribution is -0.346. The van der Waals surface area contributed by atoms with E-state index in [1.54, 1.807) is 19.9 Å². The van der Waals surface area contributed by atoms with Crippen LogP contribution in [0.2, 0.25) is 0 Å². The van der Waals surface area contributed by atoms with Gasteiger partial charge in [-0.3, -0.25) is 5.26 Å². The number of aliphatic hydroxyl groups is 7. The van der Waals surface area contributed by atoms with Crippen molar-refractivity contribution in [1.82, 2.24) is 0 Å². The monoisotopic (exact) mass is 670 g/mol. The normalized spacial score (nSPS) is 51.2. The van der Waals surface area contributed by atoms with Crippen LogP contribution in [0.4, 0.5) is 0 Å². The maximum absolute atomic E-state index is 12.1. The van der Waals surface area contributed by atoms with Gasteiger partial charge in [-0.1, -0.05) is 46.8 Å². The summed E-state index contributed by atoms with van der Waals surface area (Å²) in [6.45, 7) is 15.6. The quantitative estimate of drug-likeness (QED) is 0.0821. The summed E-state index contributed by atoms with van der Waals surface area (Å²) < 4.78 is 12.6. The molecule has 5 aliphatic rings. The van der Waals surface area contributed by atoms with E-state index in [-0.39, 0.29) is 34.5 Å². The molecule has 1 saturated heterocycles. The summed E-state index contributed by atoms with van der Waals surface area (Å²) in [5.74, 6) is -0.518. The number of rotatable bonds is 8. The van der Waals surface area contributed by atoms with E-state index in [0.29, 0.717) is 25.7 Å². The molecule has 16 atom stereocenters. The van der Waals surface area contributed by atoms with Gasteiger partial charge in [0.25, 0.3) is 0 Å². The smallest absolute Gasteiger partial charge is 0.186 e. The number of aliphatic hydroxyl groups excluding tert-OH is 6. The molecular weight excluding hydrogens is 608 g/mol. The van der Waals surface area contributed by atoms with Crippen LogP contribution in [0.25, 0.3) is 0 Å². The molecule has 4 aliphatic carbocycles. The van der Waals surface area contributed by atoms with Gasteiger partial charge in [-0.15, -0.1) is 0 Å². The van der Waals surface area contributed by atoms with Crippen molar-refractivity contribution in [3.8, 4) is 0 Å². The predicted molar refractivity (Wildman–Crippen MR) is 173 cm³/mol. The minimum absolute atomic E-state index is 0.0729. The second-order valence-corrected chi connectivity index (χ2v) is 18.0. The lowest BCUT2D eigenvalue weighted by atomic mass is 9.34. The first-order valence-corrected chi connectivity index (χ1v) is 17.7. The SMILES string of the molecule is CC(C)(/C=C/C[C@](C)(O)[C@H]1CC[C@]2(C)[C@@H]1[C@H](O)C[C@@H]1[C@@]3(C)CC[C@H](O)C(C)(C)[C@@H]3[C@@H](O[C@@H]3O[C@H](CO)[C@H](O)[C@H](O)[C@H]3O)C[C@]12C)OO. The number of fused-ring (bicyclic) bond motifs is 5. The van der Waals surface area contributed by atoms with Crippen LogP contribution in [0.15, 0.2) is 12.2 Å². The molecule has 5 fully saturated rings. The van der Waals surface area contributed by atoms with Crippen molar-refractivity contribution in [3.63, 3.8) is 0 Å². The van der Waals surface area contributed by atoms with Crippen molar-refractivity contribution >= 4 is 0 Å². The minimum Gasteiger partial charge on any atom is -0.394 e. The Balaban J connectivity index is 1.53. The Morgan fingerprint density at radius 1 is 0.894 bits per heavy atom. The van der Waals surface area contributed by atoms with Gasteiger partial charge >= 0.3 is 0 Å². The highest BCUT2D eigenvalue weighted by molar-refractivity contribution is 5.22. The summed E-state index contributed by atoms with van der Waals surface area (Å²) in [5.41, 5.74) is -3.76. The van der Waals surface area contributed by atoms with Crippen LogP contribution in [0.3, 0.4) is 0 Å². The highest BCUT2D eigenvalue weighted by atomic mass is 17.1. The van der Waals surface area contributed by atoms with Crippen LogP contribution in [0.1, 0.15) is 100 Å². The molecule has 0 aromatic heterocycles. The van der Waals surface area contributed by atoms with Crippen LogP contribution in [-0.4, -0.2) is 108 Å². The minimum atomic E-state index is -1.57. The number of ether oxygens (including phenoxy) is 2. The summed E-state index contributed by atoms with van der Waals surface area (Å²) in [6.07, 6.45) is -0.952. The summed E-state index contributed by atoms with van der Waals surface area (Å²) >= 11 is 0. The number of hydrogen-bond donors (Lipinski definition) is 8. The molecular formula is C36H62O11. The molecule has 47 heavy (non-hydrogen) atoms. The van der Waals surface area contributed by atoms with Gasteiger partial charge < -0.3 is 45.2 Å². The largest absolute Gasteiger partial charge is 0.394 e. The molecule has 0 unspecified atom stereocenters. The van der Waals surface area contributed by atoms with Gasteiger partial charge in [-0.25, -0.2) is 4.89 Å². The standard InChI is InChI=1S/C36H62O11/c1-31(2,47-44)12-9-13-36(8,43)19-10-15-34(6)25(19)20(38)16-23-33(5)14-11-24(39)32(3,4)29(33)21(17-35(23,34)7)45-30-28(42)27(41)26(40)22(18-37)46-30/h9,12,19-30,37-44H,10-11,13-18H2,1-8H3/b12-9+/t19-,20+,21-,22+,23+,24-,25-,26-,27-,28+,29-,30+,33+,34+,35+,36-/m0/s1. The van der Waals surface area contributed by atoms with Gasteiger partial charge in [0.05, 0.1) is 30.5 Å². The van der Waals surface area contributed by atoms with E-state index >= 15 is 0 Å². The van der Waals surface area contributed by atoms with Crippen molar-refractivity contribution in [3.05, 3.63) is 12.2 Å². The Morgan fingerprint density at radius 3 is 2.17 bits per heavy atom. The van der Waals surface area contributed by atoms with Gasteiger partial charge in [-0.05, 0) is 111 Å². The third-order valence-corrected chi connectivity index (χ3v) is 14.5. The van der Waals surface area contributed by atoms with E-state index in [4.69, 9.17) is 9.47 Å². The Bertz CT molecular complexity index is 1160. The lowest BCUT2D eigenvalue weighted by Crippen LogP contribution is -2.71. The molecule has 11 nitrogen and oxygen atoms in total. The first-order valence-electron chi connectivity index (χ1n) is 17.7. The molecule has 4 saturated carbocycles. The maximum atomic E-state index is 12.1. The Labute approximate surface area is 279 Å². The van der Waals surface area contributed by atoms with Crippen molar-refractivity contribution < 1.29 is 55.4 Å². The third kappa shape index (κ3) is 5.87. The fraction of sp³-hybridized carbons (Fsp3) is 0.944. The summed E-state index contributed by atoms with van der Waals surface area (Å²) in [5, 5.41) is 86.5. The molecule has 0 bridgehead atoms. The average molecular weight is 671 g/mol. The summed E-state index contributed by atoms with van der Waals surface area (Å²) in [4.78, 5) is 4.54. The van der Waals surface area contributed by atoms with E-state index in [0.717, 1.165) is 19.3 Å². The van der Waals surface area contributed by atoms with Crippen molar-refractivity contribution in [2.75, 3.05) is 6.61 Å². The first kappa shape index (κ1) is 37.6. The van der Waals surface area contributed by atoms with Crippen LogP contribution in [0.5, 0.6) is 0 Å². The van der Waals surface area contributed by atoms with Crippen LogP contribution in [-0.2, 0) is 14.4 Å². The summed E-state index contributed by atoms with van der Waals surface area (Å²) in [7, 11) is 0. The Kier molecular flexibility index (Phi) is 10.00. The second-order valence-electron chi connectivity index (χ2n) is 18.0. The van der Waals surface area contributed by atoms with Crippen LogP contribution < -0.4 is 0 Å². The highest BCUT2D eigenvalue weighted by Crippen LogP contribution is 2.76. The molecule has 8 N–H and O–H groups in total. The Hall–Kier alpha value is -0.700. The highest BCUT2D eigenvalue weighted by Gasteiger charge is 2.73.